The summed E-state index contributed by atoms with van der Waals surface area (Å²) < 4.78 is 6.48. The Hall–Kier alpha value is -2.03. The van der Waals surface area contributed by atoms with Gasteiger partial charge in [-0.25, -0.2) is 4.79 Å². The first-order chi connectivity index (χ1) is 8.89. The largest absolute Gasteiger partial charge is 0.461 e. The molecule has 0 spiro atoms. The van der Waals surface area contributed by atoms with Crippen LogP contribution in [0.5, 0.6) is 0 Å². The normalized spacial score (nSPS) is 11.1. The molecule has 0 atom stereocenters. The van der Waals surface area contributed by atoms with Crippen molar-refractivity contribution in [2.75, 3.05) is 12.3 Å². The number of hydrogen-bond acceptors (Lipinski definition) is 5. The number of nitrogens with zero attached hydrogens (tertiary/aromatic N) is 3. The zero-order valence-electron chi connectivity index (χ0n) is 11.6. The summed E-state index contributed by atoms with van der Waals surface area (Å²) in [5.41, 5.74) is 5.85. The minimum absolute atomic E-state index is 0.154. The van der Waals surface area contributed by atoms with Gasteiger partial charge in [0.1, 0.15) is 0 Å². The van der Waals surface area contributed by atoms with Gasteiger partial charge in [-0.15, -0.1) is 0 Å². The van der Waals surface area contributed by atoms with Crippen LogP contribution in [0.15, 0.2) is 6.20 Å². The molecule has 104 valence electrons. The second kappa shape index (κ2) is 6.23. The average molecular weight is 264 g/mol. The number of ether oxygens (including phenoxy) is 1. The molecule has 0 unspecified atom stereocenters. The Bertz CT molecular complexity index is 485. The summed E-state index contributed by atoms with van der Waals surface area (Å²) >= 11 is 0. The molecular formula is C13H20N4O2. The standard InChI is InChI=1S/C13H20N4O2/c1-4-19-12(18)11-10(15)8-17(16-11)7-5-6-13(2,3)9-14/h8H,4-7,15H2,1-3H3. The maximum Gasteiger partial charge on any atom is 0.361 e. The van der Waals surface area contributed by atoms with Gasteiger partial charge in [0.15, 0.2) is 5.69 Å². The van der Waals surface area contributed by atoms with E-state index in [9.17, 15) is 4.79 Å². The number of rotatable bonds is 6. The van der Waals surface area contributed by atoms with Gasteiger partial charge in [0, 0.05) is 12.7 Å². The van der Waals surface area contributed by atoms with E-state index in [1.807, 2.05) is 13.8 Å². The van der Waals surface area contributed by atoms with Crippen LogP contribution in [0.25, 0.3) is 0 Å². The lowest BCUT2D eigenvalue weighted by molar-refractivity contribution is 0.0519. The molecule has 1 rings (SSSR count). The monoisotopic (exact) mass is 264 g/mol. The Morgan fingerprint density at radius 1 is 1.63 bits per heavy atom. The summed E-state index contributed by atoms with van der Waals surface area (Å²) in [5, 5.41) is 13.0. The summed E-state index contributed by atoms with van der Waals surface area (Å²) in [5.74, 6) is -0.504. The number of nitrogens with two attached hydrogens (primary N) is 1. The zero-order valence-corrected chi connectivity index (χ0v) is 11.6. The van der Waals surface area contributed by atoms with Gasteiger partial charge < -0.3 is 10.5 Å². The fourth-order valence-corrected chi connectivity index (χ4v) is 1.65. The topological polar surface area (TPSA) is 93.9 Å². The summed E-state index contributed by atoms with van der Waals surface area (Å²) in [6.07, 6.45) is 3.17. The fourth-order valence-electron chi connectivity index (χ4n) is 1.65. The second-order valence-electron chi connectivity index (χ2n) is 5.02. The van der Waals surface area contributed by atoms with Crippen LogP contribution in [-0.4, -0.2) is 22.4 Å². The summed E-state index contributed by atoms with van der Waals surface area (Å²) in [4.78, 5) is 11.5. The van der Waals surface area contributed by atoms with Crippen molar-refractivity contribution in [3.05, 3.63) is 11.9 Å². The second-order valence-corrected chi connectivity index (χ2v) is 5.02. The van der Waals surface area contributed by atoms with Crippen LogP contribution in [0, 0.1) is 16.7 Å². The lowest BCUT2D eigenvalue weighted by Crippen LogP contribution is -2.11. The van der Waals surface area contributed by atoms with Crippen molar-refractivity contribution >= 4 is 11.7 Å². The average Bonchev–Trinajstić information content (AvgIpc) is 2.71. The molecule has 0 aromatic carbocycles. The van der Waals surface area contributed by atoms with Gasteiger partial charge in [-0.3, -0.25) is 4.68 Å². The molecule has 1 aromatic heterocycles. The van der Waals surface area contributed by atoms with Crippen molar-refractivity contribution in [3.8, 4) is 6.07 Å². The van der Waals surface area contributed by atoms with E-state index in [1.165, 1.54) is 0 Å². The molecule has 0 amide bonds. The van der Waals surface area contributed by atoms with Crippen molar-refractivity contribution < 1.29 is 9.53 Å². The molecule has 2 N–H and O–H groups in total. The molecule has 0 aliphatic rings. The highest BCUT2D eigenvalue weighted by atomic mass is 16.5. The van der Waals surface area contributed by atoms with Crippen LogP contribution < -0.4 is 5.73 Å². The Kier molecular flexibility index (Phi) is 4.93. The molecule has 0 radical (unpaired) electrons. The number of nitriles is 1. The first-order valence-electron chi connectivity index (χ1n) is 6.31. The van der Waals surface area contributed by atoms with Gasteiger partial charge in [-0.2, -0.15) is 10.4 Å². The predicted octanol–water partition coefficient (Wildman–Crippen LogP) is 1.97. The third-order valence-corrected chi connectivity index (χ3v) is 2.75. The highest BCUT2D eigenvalue weighted by Crippen LogP contribution is 2.21. The Labute approximate surface area is 113 Å². The number of aryl methyl sites for hydroxylation is 1. The van der Waals surface area contributed by atoms with Gasteiger partial charge in [-0.05, 0) is 33.6 Å². The van der Waals surface area contributed by atoms with Gasteiger partial charge in [0.2, 0.25) is 0 Å². The Morgan fingerprint density at radius 3 is 2.89 bits per heavy atom. The number of nitrogen functional groups attached to an aromatic ring is 1. The van der Waals surface area contributed by atoms with E-state index in [1.54, 1.807) is 17.8 Å². The van der Waals surface area contributed by atoms with E-state index in [2.05, 4.69) is 11.2 Å². The first-order valence-corrected chi connectivity index (χ1v) is 6.31. The van der Waals surface area contributed by atoms with Gasteiger partial charge in [0.05, 0.1) is 23.8 Å². The molecular weight excluding hydrogens is 244 g/mol. The molecule has 1 heterocycles. The van der Waals surface area contributed by atoms with Gasteiger partial charge in [0.25, 0.3) is 0 Å². The third kappa shape index (κ3) is 4.28. The van der Waals surface area contributed by atoms with Crippen molar-refractivity contribution in [1.82, 2.24) is 9.78 Å². The lowest BCUT2D eigenvalue weighted by Gasteiger charge is -2.14. The molecule has 6 heteroatoms. The molecule has 0 bridgehead atoms. The quantitative estimate of drug-likeness (QED) is 0.793. The number of carbonyl (C=O) groups excluding carboxylic acids is 1. The first kappa shape index (κ1) is 15.0. The fraction of sp³-hybridized carbons (Fsp3) is 0.615. The van der Waals surface area contributed by atoms with Crippen molar-refractivity contribution in [1.29, 1.82) is 5.26 Å². The van der Waals surface area contributed by atoms with Crippen LogP contribution in [0.4, 0.5) is 5.69 Å². The van der Waals surface area contributed by atoms with E-state index >= 15 is 0 Å². The zero-order chi connectivity index (χ0) is 14.5. The minimum Gasteiger partial charge on any atom is -0.461 e. The van der Waals surface area contributed by atoms with Crippen LogP contribution >= 0.6 is 0 Å². The number of hydrogen-bond donors (Lipinski definition) is 1. The molecule has 6 nitrogen and oxygen atoms in total. The number of carbonyl (C=O) groups is 1. The molecule has 0 saturated carbocycles. The van der Waals surface area contributed by atoms with Crippen LogP contribution in [0.1, 0.15) is 44.1 Å². The van der Waals surface area contributed by atoms with E-state index in [-0.39, 0.29) is 11.1 Å². The summed E-state index contributed by atoms with van der Waals surface area (Å²) in [6.45, 7) is 6.44. The van der Waals surface area contributed by atoms with E-state index < -0.39 is 5.97 Å². The lowest BCUT2D eigenvalue weighted by atomic mass is 9.90. The van der Waals surface area contributed by atoms with Crippen LogP contribution in [0.3, 0.4) is 0 Å². The Morgan fingerprint density at radius 2 is 2.32 bits per heavy atom. The maximum absolute atomic E-state index is 11.5. The number of esters is 1. The molecule has 19 heavy (non-hydrogen) atoms. The molecule has 0 aliphatic heterocycles. The van der Waals surface area contributed by atoms with E-state index in [4.69, 9.17) is 15.7 Å². The van der Waals surface area contributed by atoms with E-state index in [0.717, 1.165) is 12.8 Å². The maximum atomic E-state index is 11.5. The minimum atomic E-state index is -0.504. The highest BCUT2D eigenvalue weighted by molar-refractivity contribution is 5.92. The van der Waals surface area contributed by atoms with Gasteiger partial charge in [-0.1, -0.05) is 0 Å². The molecule has 0 fully saturated rings. The van der Waals surface area contributed by atoms with Crippen molar-refractivity contribution in [2.24, 2.45) is 5.41 Å². The van der Waals surface area contributed by atoms with Crippen molar-refractivity contribution in [2.45, 2.75) is 40.2 Å². The summed E-state index contributed by atoms with van der Waals surface area (Å²) in [6, 6.07) is 2.25. The summed E-state index contributed by atoms with van der Waals surface area (Å²) in [7, 11) is 0. The Balaban J connectivity index is 2.60. The SMILES string of the molecule is CCOC(=O)c1nn(CCCC(C)(C)C#N)cc1N. The van der Waals surface area contributed by atoms with Crippen molar-refractivity contribution in [3.63, 3.8) is 0 Å². The van der Waals surface area contributed by atoms with Crippen LogP contribution in [0.2, 0.25) is 0 Å². The third-order valence-electron chi connectivity index (χ3n) is 2.75. The predicted molar refractivity (Wildman–Crippen MR) is 71.2 cm³/mol. The number of anilines is 1. The molecule has 0 aliphatic carbocycles. The van der Waals surface area contributed by atoms with Crippen LogP contribution in [-0.2, 0) is 11.3 Å². The molecule has 1 aromatic rings. The number of aromatic nitrogens is 2. The van der Waals surface area contributed by atoms with E-state index in [0.29, 0.717) is 18.8 Å². The smallest absolute Gasteiger partial charge is 0.361 e. The van der Waals surface area contributed by atoms with Gasteiger partial charge >= 0.3 is 5.97 Å². The highest BCUT2D eigenvalue weighted by Gasteiger charge is 2.18. The molecule has 0 saturated heterocycles.